The molecule has 0 saturated heterocycles. The lowest BCUT2D eigenvalue weighted by Gasteiger charge is -2.14. The van der Waals surface area contributed by atoms with Crippen molar-refractivity contribution >= 4 is 11.6 Å². The fraction of sp³-hybridized carbons (Fsp3) is 0.500. The predicted molar refractivity (Wildman–Crippen MR) is 64.6 cm³/mol. The molecule has 1 aromatic carbocycles. The number of halogens is 4. The van der Waals surface area contributed by atoms with Crippen molar-refractivity contribution < 1.29 is 27.8 Å². The molecule has 0 aromatic heterocycles. The minimum atomic E-state index is -4.40. The van der Waals surface area contributed by atoms with E-state index >= 15 is 0 Å². The first-order valence-corrected chi connectivity index (χ1v) is 5.84. The van der Waals surface area contributed by atoms with Gasteiger partial charge in [0.05, 0.1) is 19.8 Å². The maximum Gasteiger partial charge on any atom is 0.411 e. The third kappa shape index (κ3) is 6.13. The molecule has 0 amide bonds. The highest BCUT2D eigenvalue weighted by molar-refractivity contribution is 6.30. The number of ether oxygens (including phenoxy) is 2. The Labute approximate surface area is 113 Å². The summed E-state index contributed by atoms with van der Waals surface area (Å²) in [6, 6.07) is 4.84. The average Bonchev–Trinajstić information content (AvgIpc) is 2.27. The Kier molecular flexibility index (Phi) is 5.90. The van der Waals surface area contributed by atoms with Gasteiger partial charge >= 0.3 is 6.18 Å². The van der Waals surface area contributed by atoms with Gasteiger partial charge in [-0.3, -0.25) is 0 Å². The molecule has 0 aliphatic heterocycles. The summed E-state index contributed by atoms with van der Waals surface area (Å²) in [6.45, 7) is -1.79. The van der Waals surface area contributed by atoms with Crippen LogP contribution < -0.4 is 4.74 Å². The van der Waals surface area contributed by atoms with Gasteiger partial charge in [-0.05, 0) is 23.8 Å². The zero-order chi connectivity index (χ0) is 14.5. The van der Waals surface area contributed by atoms with Crippen LogP contribution in [0, 0.1) is 0 Å². The van der Waals surface area contributed by atoms with E-state index in [0.29, 0.717) is 16.3 Å². The maximum atomic E-state index is 11.9. The smallest absolute Gasteiger partial charge is 0.411 e. The minimum absolute atomic E-state index is 0.0988. The molecule has 0 heterocycles. The molecule has 108 valence electrons. The van der Waals surface area contributed by atoms with Gasteiger partial charge in [0, 0.05) is 11.4 Å². The van der Waals surface area contributed by atoms with E-state index in [4.69, 9.17) is 16.3 Å². The molecular formula is C12H14ClF3O3. The number of benzene rings is 1. The second-order valence-corrected chi connectivity index (χ2v) is 4.38. The number of aliphatic hydroxyl groups is 1. The molecule has 1 aromatic rings. The summed E-state index contributed by atoms with van der Waals surface area (Å²) in [4.78, 5) is 0. The van der Waals surface area contributed by atoms with Gasteiger partial charge in [0.1, 0.15) is 12.4 Å². The first-order chi connectivity index (χ1) is 8.81. The second kappa shape index (κ2) is 6.98. The normalized spacial score (nSPS) is 13.4. The van der Waals surface area contributed by atoms with Crippen LogP contribution in [0.3, 0.4) is 0 Å². The van der Waals surface area contributed by atoms with Crippen LogP contribution in [0.1, 0.15) is 5.56 Å². The van der Waals surface area contributed by atoms with E-state index in [-0.39, 0.29) is 6.42 Å². The van der Waals surface area contributed by atoms with Gasteiger partial charge in [-0.15, -0.1) is 0 Å². The highest BCUT2D eigenvalue weighted by Crippen LogP contribution is 2.24. The Bertz CT molecular complexity index is 410. The van der Waals surface area contributed by atoms with Crippen LogP contribution >= 0.6 is 11.6 Å². The fourth-order valence-electron chi connectivity index (χ4n) is 1.53. The van der Waals surface area contributed by atoms with Crippen LogP contribution in [-0.4, -0.2) is 37.7 Å². The van der Waals surface area contributed by atoms with Gasteiger partial charge < -0.3 is 14.6 Å². The van der Waals surface area contributed by atoms with Crippen LogP contribution in [-0.2, 0) is 11.2 Å². The van der Waals surface area contributed by atoms with E-state index < -0.39 is 25.5 Å². The van der Waals surface area contributed by atoms with Gasteiger partial charge in [0.25, 0.3) is 0 Å². The average molecular weight is 299 g/mol. The van der Waals surface area contributed by atoms with E-state index in [1.54, 1.807) is 18.2 Å². The van der Waals surface area contributed by atoms with E-state index in [1.165, 1.54) is 7.11 Å². The van der Waals surface area contributed by atoms with Crippen molar-refractivity contribution in [1.82, 2.24) is 0 Å². The van der Waals surface area contributed by atoms with Crippen molar-refractivity contribution in [2.24, 2.45) is 0 Å². The van der Waals surface area contributed by atoms with Crippen molar-refractivity contribution in [3.63, 3.8) is 0 Å². The molecule has 19 heavy (non-hydrogen) atoms. The Balaban J connectivity index is 2.52. The number of aliphatic hydroxyl groups excluding tert-OH is 1. The van der Waals surface area contributed by atoms with Crippen molar-refractivity contribution in [3.8, 4) is 5.75 Å². The molecule has 0 spiro atoms. The van der Waals surface area contributed by atoms with E-state index in [1.807, 2.05) is 0 Å². The monoisotopic (exact) mass is 298 g/mol. The molecule has 0 fully saturated rings. The molecule has 0 aliphatic carbocycles. The molecule has 1 atom stereocenters. The highest BCUT2D eigenvalue weighted by atomic mass is 35.5. The van der Waals surface area contributed by atoms with Crippen LogP contribution in [0.2, 0.25) is 5.02 Å². The Morgan fingerprint density at radius 3 is 2.63 bits per heavy atom. The number of rotatable bonds is 6. The van der Waals surface area contributed by atoms with Gasteiger partial charge in [0.15, 0.2) is 0 Å². The van der Waals surface area contributed by atoms with Crippen LogP contribution in [0.5, 0.6) is 5.75 Å². The maximum absolute atomic E-state index is 11.9. The Morgan fingerprint density at radius 1 is 1.37 bits per heavy atom. The highest BCUT2D eigenvalue weighted by Gasteiger charge is 2.27. The topological polar surface area (TPSA) is 38.7 Å². The van der Waals surface area contributed by atoms with Gasteiger partial charge in [-0.1, -0.05) is 11.6 Å². The molecule has 7 heteroatoms. The molecule has 3 nitrogen and oxygen atoms in total. The summed E-state index contributed by atoms with van der Waals surface area (Å²) >= 11 is 5.80. The van der Waals surface area contributed by atoms with Crippen molar-refractivity contribution in [3.05, 3.63) is 28.8 Å². The summed E-state index contributed by atoms with van der Waals surface area (Å²) in [7, 11) is 1.46. The zero-order valence-corrected chi connectivity index (χ0v) is 11.0. The van der Waals surface area contributed by atoms with E-state index in [0.717, 1.165) is 0 Å². The van der Waals surface area contributed by atoms with Gasteiger partial charge in [0.2, 0.25) is 0 Å². The summed E-state index contributed by atoms with van der Waals surface area (Å²) in [5.74, 6) is 0.513. The van der Waals surface area contributed by atoms with E-state index in [2.05, 4.69) is 4.74 Å². The molecule has 0 aliphatic rings. The fourth-order valence-corrected chi connectivity index (χ4v) is 1.72. The van der Waals surface area contributed by atoms with Gasteiger partial charge in [-0.2, -0.15) is 13.2 Å². The number of hydrogen-bond donors (Lipinski definition) is 1. The minimum Gasteiger partial charge on any atom is -0.496 e. The Morgan fingerprint density at radius 2 is 2.05 bits per heavy atom. The molecular weight excluding hydrogens is 285 g/mol. The van der Waals surface area contributed by atoms with Crippen molar-refractivity contribution in [2.45, 2.75) is 18.7 Å². The lowest BCUT2D eigenvalue weighted by atomic mass is 10.1. The van der Waals surface area contributed by atoms with E-state index in [9.17, 15) is 18.3 Å². The molecule has 1 unspecified atom stereocenters. The molecule has 1 rings (SSSR count). The second-order valence-electron chi connectivity index (χ2n) is 3.94. The predicted octanol–water partition coefficient (Wildman–Crippen LogP) is 2.83. The SMILES string of the molecule is COc1ccc(Cl)cc1CC(O)COCC(F)(F)F. The first kappa shape index (κ1) is 16.1. The van der Waals surface area contributed by atoms with Crippen molar-refractivity contribution in [2.75, 3.05) is 20.3 Å². The molecule has 0 bridgehead atoms. The molecule has 1 N–H and O–H groups in total. The van der Waals surface area contributed by atoms with Gasteiger partial charge in [-0.25, -0.2) is 0 Å². The van der Waals surface area contributed by atoms with Crippen LogP contribution in [0.4, 0.5) is 13.2 Å². The lowest BCUT2D eigenvalue weighted by Crippen LogP contribution is -2.24. The third-order valence-corrected chi connectivity index (χ3v) is 2.51. The number of alkyl halides is 3. The van der Waals surface area contributed by atoms with Crippen LogP contribution in [0.25, 0.3) is 0 Å². The summed E-state index contributed by atoms with van der Waals surface area (Å²) in [5, 5.41) is 10.1. The quantitative estimate of drug-likeness (QED) is 0.878. The van der Waals surface area contributed by atoms with Crippen LogP contribution in [0.15, 0.2) is 18.2 Å². The first-order valence-electron chi connectivity index (χ1n) is 5.47. The number of methoxy groups -OCH3 is 1. The largest absolute Gasteiger partial charge is 0.496 e. The third-order valence-electron chi connectivity index (χ3n) is 2.27. The molecule has 0 radical (unpaired) electrons. The summed E-state index contributed by atoms with van der Waals surface area (Å²) < 4.78 is 45.0. The Hall–Kier alpha value is -0.980. The standard InChI is InChI=1S/C12H14ClF3O3/c1-18-11-3-2-9(13)4-8(11)5-10(17)6-19-7-12(14,15)16/h2-4,10,17H,5-7H2,1H3. The lowest BCUT2D eigenvalue weighted by molar-refractivity contribution is -0.179. The summed E-state index contributed by atoms with van der Waals surface area (Å²) in [6.07, 6.45) is -5.36. The zero-order valence-electron chi connectivity index (χ0n) is 10.2. The molecule has 0 saturated carbocycles. The summed E-state index contributed by atoms with van der Waals surface area (Å²) in [5.41, 5.74) is 0.609. The van der Waals surface area contributed by atoms with Crippen molar-refractivity contribution in [1.29, 1.82) is 0 Å². The number of hydrogen-bond acceptors (Lipinski definition) is 3.